The third-order valence-electron chi connectivity index (χ3n) is 3.07. The Hall–Kier alpha value is -2.03. The second-order valence-electron chi connectivity index (χ2n) is 5.17. The molecule has 2 aromatic rings. The quantitative estimate of drug-likeness (QED) is 0.759. The molecule has 0 amide bonds. The highest BCUT2D eigenvalue weighted by molar-refractivity contribution is 6.07. The van der Waals surface area contributed by atoms with E-state index in [-0.39, 0.29) is 11.4 Å². The fourth-order valence-electron chi connectivity index (χ4n) is 2.30. The lowest BCUT2D eigenvalue weighted by Gasteiger charge is -2.16. The van der Waals surface area contributed by atoms with Crippen molar-refractivity contribution < 1.29 is 13.9 Å². The van der Waals surface area contributed by atoms with Gasteiger partial charge < -0.3 is 9.15 Å². The van der Waals surface area contributed by atoms with Gasteiger partial charge in [-0.3, -0.25) is 4.79 Å². The molecular formula is C15H14O3. The van der Waals surface area contributed by atoms with Gasteiger partial charge in [-0.2, -0.15) is 0 Å². The summed E-state index contributed by atoms with van der Waals surface area (Å²) in [6.45, 7) is 4.09. The second-order valence-corrected chi connectivity index (χ2v) is 5.17. The van der Waals surface area contributed by atoms with Gasteiger partial charge in [0.15, 0.2) is 5.76 Å². The number of ketones is 1. The summed E-state index contributed by atoms with van der Waals surface area (Å²) in [4.78, 5) is 12.1. The first-order valence-corrected chi connectivity index (χ1v) is 5.95. The van der Waals surface area contributed by atoms with Crippen LogP contribution < -0.4 is 4.74 Å². The Balaban J connectivity index is 1.95. The van der Waals surface area contributed by atoms with Crippen molar-refractivity contribution in [3.8, 4) is 5.75 Å². The number of benzene rings is 1. The van der Waals surface area contributed by atoms with Crippen molar-refractivity contribution >= 4 is 5.78 Å². The maximum Gasteiger partial charge on any atom is 0.228 e. The maximum atomic E-state index is 12.1. The summed E-state index contributed by atoms with van der Waals surface area (Å²) >= 11 is 0. The predicted molar refractivity (Wildman–Crippen MR) is 67.0 cm³/mol. The van der Waals surface area contributed by atoms with E-state index in [2.05, 4.69) is 0 Å². The molecule has 0 bridgehead atoms. The SMILES string of the molecule is CC1(C)Cc2cc(C(=O)c3ccco3)ccc2O1. The first-order chi connectivity index (χ1) is 8.55. The Morgan fingerprint density at radius 1 is 1.28 bits per heavy atom. The monoisotopic (exact) mass is 242 g/mol. The van der Waals surface area contributed by atoms with Crippen LogP contribution in [0.3, 0.4) is 0 Å². The van der Waals surface area contributed by atoms with Crippen molar-refractivity contribution in [3.05, 3.63) is 53.5 Å². The molecule has 0 atom stereocenters. The second kappa shape index (κ2) is 3.73. The number of ether oxygens (including phenoxy) is 1. The number of hydrogen-bond acceptors (Lipinski definition) is 3. The Morgan fingerprint density at radius 3 is 2.83 bits per heavy atom. The molecule has 1 aliphatic heterocycles. The fourth-order valence-corrected chi connectivity index (χ4v) is 2.30. The van der Waals surface area contributed by atoms with Crippen LogP contribution in [-0.4, -0.2) is 11.4 Å². The van der Waals surface area contributed by atoms with E-state index in [1.165, 1.54) is 6.26 Å². The topological polar surface area (TPSA) is 39.4 Å². The molecule has 0 spiro atoms. The van der Waals surface area contributed by atoms with Crippen LogP contribution in [0.5, 0.6) is 5.75 Å². The van der Waals surface area contributed by atoms with Crippen molar-refractivity contribution in [2.24, 2.45) is 0 Å². The first kappa shape index (κ1) is 11.1. The lowest BCUT2D eigenvalue weighted by atomic mass is 9.99. The predicted octanol–water partition coefficient (Wildman–Crippen LogP) is 3.22. The molecule has 1 aromatic carbocycles. The van der Waals surface area contributed by atoms with Crippen molar-refractivity contribution in [2.45, 2.75) is 25.9 Å². The fraction of sp³-hybridized carbons (Fsp3) is 0.267. The van der Waals surface area contributed by atoms with Crippen molar-refractivity contribution in [1.82, 2.24) is 0 Å². The highest BCUT2D eigenvalue weighted by Crippen LogP contribution is 2.35. The number of fused-ring (bicyclic) bond motifs is 1. The summed E-state index contributed by atoms with van der Waals surface area (Å²) in [6.07, 6.45) is 2.33. The molecular weight excluding hydrogens is 228 g/mol. The third kappa shape index (κ3) is 1.82. The van der Waals surface area contributed by atoms with Crippen LogP contribution in [0.1, 0.15) is 35.5 Å². The number of furan rings is 1. The average Bonchev–Trinajstić information content (AvgIpc) is 2.91. The van der Waals surface area contributed by atoms with Gasteiger partial charge in [-0.15, -0.1) is 0 Å². The smallest absolute Gasteiger partial charge is 0.228 e. The van der Waals surface area contributed by atoms with Crippen LogP contribution in [0.25, 0.3) is 0 Å². The molecule has 3 rings (SSSR count). The third-order valence-corrected chi connectivity index (χ3v) is 3.07. The molecule has 0 unspecified atom stereocenters. The minimum absolute atomic E-state index is 0.0903. The number of rotatable bonds is 2. The van der Waals surface area contributed by atoms with Crippen LogP contribution in [0, 0.1) is 0 Å². The van der Waals surface area contributed by atoms with Crippen molar-refractivity contribution in [1.29, 1.82) is 0 Å². The largest absolute Gasteiger partial charge is 0.487 e. The van der Waals surface area contributed by atoms with Gasteiger partial charge in [0.25, 0.3) is 0 Å². The van der Waals surface area contributed by atoms with Gasteiger partial charge in [-0.1, -0.05) is 0 Å². The Morgan fingerprint density at radius 2 is 2.11 bits per heavy atom. The molecule has 3 heteroatoms. The highest BCUT2D eigenvalue weighted by atomic mass is 16.5. The standard InChI is InChI=1S/C15H14O3/c1-15(2)9-11-8-10(5-6-12(11)18-15)14(16)13-4-3-7-17-13/h3-8H,9H2,1-2H3. The molecule has 0 radical (unpaired) electrons. The van der Waals surface area contributed by atoms with E-state index in [1.807, 2.05) is 26.0 Å². The number of hydrogen-bond donors (Lipinski definition) is 0. The van der Waals surface area contributed by atoms with Gasteiger partial charge >= 0.3 is 0 Å². The van der Waals surface area contributed by atoms with E-state index in [0.717, 1.165) is 17.7 Å². The van der Waals surface area contributed by atoms with E-state index < -0.39 is 0 Å². The minimum Gasteiger partial charge on any atom is -0.487 e. The molecule has 92 valence electrons. The molecule has 1 aliphatic rings. The maximum absolute atomic E-state index is 12.1. The molecule has 18 heavy (non-hydrogen) atoms. The number of carbonyl (C=O) groups is 1. The van der Waals surface area contributed by atoms with E-state index >= 15 is 0 Å². The van der Waals surface area contributed by atoms with Crippen molar-refractivity contribution in [3.63, 3.8) is 0 Å². The average molecular weight is 242 g/mol. The Bertz CT molecular complexity index is 594. The van der Waals surface area contributed by atoms with E-state index in [9.17, 15) is 4.79 Å². The zero-order valence-electron chi connectivity index (χ0n) is 10.4. The van der Waals surface area contributed by atoms with Gasteiger partial charge in [0.1, 0.15) is 11.4 Å². The lowest BCUT2D eigenvalue weighted by molar-refractivity contribution is 0.101. The molecule has 0 saturated heterocycles. The van der Waals surface area contributed by atoms with Gasteiger partial charge in [0.05, 0.1) is 6.26 Å². The minimum atomic E-state index is -0.186. The first-order valence-electron chi connectivity index (χ1n) is 5.95. The lowest BCUT2D eigenvalue weighted by Crippen LogP contribution is -2.24. The normalized spacial score (nSPS) is 16.1. The van der Waals surface area contributed by atoms with Gasteiger partial charge in [0, 0.05) is 12.0 Å². The van der Waals surface area contributed by atoms with Crippen molar-refractivity contribution in [2.75, 3.05) is 0 Å². The summed E-state index contributed by atoms with van der Waals surface area (Å²) in [6, 6.07) is 8.93. The zero-order valence-corrected chi connectivity index (χ0v) is 10.4. The zero-order chi connectivity index (χ0) is 12.8. The van der Waals surface area contributed by atoms with Crippen LogP contribution >= 0.6 is 0 Å². The van der Waals surface area contributed by atoms with Gasteiger partial charge in [0.2, 0.25) is 5.78 Å². The summed E-state index contributed by atoms with van der Waals surface area (Å²) < 4.78 is 10.9. The van der Waals surface area contributed by atoms with E-state index in [4.69, 9.17) is 9.15 Å². The molecule has 0 aliphatic carbocycles. The van der Waals surface area contributed by atoms with Gasteiger partial charge in [-0.05, 0) is 49.7 Å². The summed E-state index contributed by atoms with van der Waals surface area (Å²) in [5, 5.41) is 0. The summed E-state index contributed by atoms with van der Waals surface area (Å²) in [7, 11) is 0. The van der Waals surface area contributed by atoms with Gasteiger partial charge in [-0.25, -0.2) is 0 Å². The van der Waals surface area contributed by atoms with Crippen LogP contribution in [0.2, 0.25) is 0 Å². The van der Waals surface area contributed by atoms with Crippen LogP contribution in [0.15, 0.2) is 41.0 Å². The van der Waals surface area contributed by atoms with E-state index in [1.54, 1.807) is 18.2 Å². The molecule has 1 aromatic heterocycles. The van der Waals surface area contributed by atoms with Crippen LogP contribution in [0.4, 0.5) is 0 Å². The molecule has 3 nitrogen and oxygen atoms in total. The molecule has 0 fully saturated rings. The summed E-state index contributed by atoms with van der Waals surface area (Å²) in [5.41, 5.74) is 1.54. The number of carbonyl (C=O) groups excluding carboxylic acids is 1. The summed E-state index contributed by atoms with van der Waals surface area (Å²) in [5.74, 6) is 1.15. The highest BCUT2D eigenvalue weighted by Gasteiger charge is 2.30. The molecule has 0 saturated carbocycles. The van der Waals surface area contributed by atoms with Crippen LogP contribution in [-0.2, 0) is 6.42 Å². The Kier molecular flexibility index (Phi) is 2.30. The molecule has 0 N–H and O–H groups in total. The van der Waals surface area contributed by atoms with E-state index in [0.29, 0.717) is 11.3 Å². The molecule has 2 heterocycles. The Labute approximate surface area is 105 Å².